The van der Waals surface area contributed by atoms with Crippen molar-refractivity contribution in [1.29, 1.82) is 0 Å². The molecule has 7 nitrogen and oxygen atoms in total. The van der Waals surface area contributed by atoms with E-state index in [0.717, 1.165) is 5.56 Å². The van der Waals surface area contributed by atoms with Gasteiger partial charge in [-0.25, -0.2) is 9.67 Å². The van der Waals surface area contributed by atoms with Crippen molar-refractivity contribution in [3.63, 3.8) is 0 Å². The molecule has 0 saturated heterocycles. The Balaban J connectivity index is 1.69. The molecule has 2 heterocycles. The Morgan fingerprint density at radius 3 is 2.66 bits per heavy atom. The van der Waals surface area contributed by atoms with Crippen LogP contribution < -0.4 is 14.8 Å². The second kappa shape index (κ2) is 8.21. The molecule has 0 aliphatic heterocycles. The zero-order chi connectivity index (χ0) is 21.0. The van der Waals surface area contributed by atoms with Gasteiger partial charge in [-0.15, -0.1) is 0 Å². The van der Waals surface area contributed by atoms with Gasteiger partial charge in [-0.3, -0.25) is 4.79 Å². The molecule has 0 spiro atoms. The van der Waals surface area contributed by atoms with Gasteiger partial charge >= 0.3 is 6.18 Å². The van der Waals surface area contributed by atoms with Crippen LogP contribution in [0.3, 0.4) is 0 Å². The SMILES string of the molecule is COc1ccc(C)cc1-n1ccc(C(=O)Nc2ccc(OCC(F)(F)F)nc2)n1. The van der Waals surface area contributed by atoms with E-state index in [1.165, 1.54) is 29.1 Å². The van der Waals surface area contributed by atoms with Crippen molar-refractivity contribution in [2.45, 2.75) is 13.1 Å². The summed E-state index contributed by atoms with van der Waals surface area (Å²) < 4.78 is 47.8. The lowest BCUT2D eigenvalue weighted by atomic mass is 10.2. The summed E-state index contributed by atoms with van der Waals surface area (Å²) >= 11 is 0. The van der Waals surface area contributed by atoms with Crippen LogP contribution in [-0.4, -0.2) is 40.6 Å². The summed E-state index contributed by atoms with van der Waals surface area (Å²) in [6, 6.07) is 9.73. The smallest absolute Gasteiger partial charge is 0.422 e. The van der Waals surface area contributed by atoms with E-state index >= 15 is 0 Å². The van der Waals surface area contributed by atoms with Crippen LogP contribution in [0.1, 0.15) is 16.1 Å². The third-order valence-corrected chi connectivity index (χ3v) is 3.78. The number of anilines is 1. The Bertz CT molecular complexity index is 1000. The fraction of sp³-hybridized carbons (Fsp3) is 0.211. The van der Waals surface area contributed by atoms with Crippen LogP contribution >= 0.6 is 0 Å². The quantitative estimate of drug-likeness (QED) is 0.674. The number of methoxy groups -OCH3 is 1. The molecule has 0 radical (unpaired) electrons. The van der Waals surface area contributed by atoms with Gasteiger partial charge in [-0.2, -0.15) is 18.3 Å². The lowest BCUT2D eigenvalue weighted by Gasteiger charge is -2.09. The number of carbonyl (C=O) groups is 1. The molecule has 0 fully saturated rings. The van der Waals surface area contributed by atoms with Crippen LogP contribution in [-0.2, 0) is 0 Å². The first kappa shape index (κ1) is 20.2. The van der Waals surface area contributed by atoms with E-state index in [4.69, 9.17) is 4.74 Å². The molecule has 0 bridgehead atoms. The van der Waals surface area contributed by atoms with Crippen molar-refractivity contribution in [3.05, 3.63) is 60.0 Å². The first-order chi connectivity index (χ1) is 13.7. The van der Waals surface area contributed by atoms with Gasteiger partial charge in [0.05, 0.1) is 19.0 Å². The lowest BCUT2D eigenvalue weighted by Crippen LogP contribution is -2.19. The molecule has 1 aromatic carbocycles. The molecule has 1 N–H and O–H groups in total. The van der Waals surface area contributed by atoms with Crippen molar-refractivity contribution in [3.8, 4) is 17.3 Å². The molecule has 29 heavy (non-hydrogen) atoms. The molecular weight excluding hydrogens is 389 g/mol. The fourth-order valence-electron chi connectivity index (χ4n) is 2.45. The summed E-state index contributed by atoms with van der Waals surface area (Å²) in [5, 5.41) is 6.83. The van der Waals surface area contributed by atoms with Crippen molar-refractivity contribution < 1.29 is 27.4 Å². The minimum atomic E-state index is -4.45. The predicted octanol–water partition coefficient (Wildman–Crippen LogP) is 3.78. The van der Waals surface area contributed by atoms with Crippen LogP contribution in [0.15, 0.2) is 48.8 Å². The molecule has 152 valence electrons. The van der Waals surface area contributed by atoms with Crippen molar-refractivity contribution >= 4 is 11.6 Å². The number of carbonyl (C=O) groups excluding carboxylic acids is 1. The maximum atomic E-state index is 12.4. The van der Waals surface area contributed by atoms with Gasteiger partial charge in [0.15, 0.2) is 12.3 Å². The van der Waals surface area contributed by atoms with E-state index in [0.29, 0.717) is 11.4 Å². The number of nitrogens with one attached hydrogen (secondary N) is 1. The molecule has 1 amide bonds. The Kier molecular flexibility index (Phi) is 5.71. The summed E-state index contributed by atoms with van der Waals surface area (Å²) in [6.45, 7) is 0.487. The maximum Gasteiger partial charge on any atom is 0.422 e. The second-order valence-corrected chi connectivity index (χ2v) is 6.06. The first-order valence-electron chi connectivity index (χ1n) is 8.43. The molecule has 0 aliphatic carbocycles. The molecule has 0 atom stereocenters. The number of aromatic nitrogens is 3. The number of benzene rings is 1. The number of alkyl halides is 3. The predicted molar refractivity (Wildman–Crippen MR) is 98.6 cm³/mol. The topological polar surface area (TPSA) is 78.3 Å². The van der Waals surface area contributed by atoms with Crippen LogP contribution in [0.5, 0.6) is 11.6 Å². The van der Waals surface area contributed by atoms with E-state index < -0.39 is 18.7 Å². The Morgan fingerprint density at radius 2 is 2.00 bits per heavy atom. The molecule has 0 saturated carbocycles. The van der Waals surface area contributed by atoms with Crippen molar-refractivity contribution in [2.24, 2.45) is 0 Å². The number of amides is 1. The first-order valence-corrected chi connectivity index (χ1v) is 8.43. The molecule has 2 aromatic heterocycles. The van der Waals surface area contributed by atoms with E-state index in [2.05, 4.69) is 20.1 Å². The zero-order valence-corrected chi connectivity index (χ0v) is 15.5. The number of rotatable bonds is 6. The highest BCUT2D eigenvalue weighted by Crippen LogP contribution is 2.24. The molecule has 3 aromatic rings. The maximum absolute atomic E-state index is 12.4. The summed E-state index contributed by atoms with van der Waals surface area (Å²) in [5.41, 5.74) is 2.11. The van der Waals surface area contributed by atoms with Gasteiger partial charge in [0, 0.05) is 12.3 Å². The Hall–Kier alpha value is -3.56. The van der Waals surface area contributed by atoms with Gasteiger partial charge in [-0.1, -0.05) is 6.07 Å². The van der Waals surface area contributed by atoms with Gasteiger partial charge in [-0.05, 0) is 36.8 Å². The van der Waals surface area contributed by atoms with Gasteiger partial charge in [0.25, 0.3) is 5.91 Å². The second-order valence-electron chi connectivity index (χ2n) is 6.06. The van der Waals surface area contributed by atoms with Gasteiger partial charge in [0.1, 0.15) is 11.4 Å². The van der Waals surface area contributed by atoms with E-state index in [9.17, 15) is 18.0 Å². The standard InChI is InChI=1S/C19H17F3N4O3/c1-12-3-5-16(28-2)15(9-12)26-8-7-14(25-26)18(27)24-13-4-6-17(23-10-13)29-11-19(20,21)22/h3-10H,11H2,1-2H3,(H,24,27). The minimum absolute atomic E-state index is 0.144. The number of hydrogen-bond donors (Lipinski definition) is 1. The zero-order valence-electron chi connectivity index (χ0n) is 15.5. The number of hydrogen-bond acceptors (Lipinski definition) is 5. The molecular formula is C19H17F3N4O3. The van der Waals surface area contributed by atoms with Crippen LogP contribution in [0, 0.1) is 6.92 Å². The minimum Gasteiger partial charge on any atom is -0.494 e. The number of ether oxygens (including phenoxy) is 2. The Labute approximate surface area is 164 Å². The Morgan fingerprint density at radius 1 is 1.21 bits per heavy atom. The monoisotopic (exact) mass is 406 g/mol. The van der Waals surface area contributed by atoms with Crippen LogP contribution in [0.2, 0.25) is 0 Å². The van der Waals surface area contributed by atoms with E-state index in [1.54, 1.807) is 19.4 Å². The summed E-state index contributed by atoms with van der Waals surface area (Å²) in [6.07, 6.45) is -1.63. The van der Waals surface area contributed by atoms with Gasteiger partial charge < -0.3 is 14.8 Å². The largest absolute Gasteiger partial charge is 0.494 e. The van der Waals surface area contributed by atoms with E-state index in [1.807, 2.05) is 19.1 Å². The van der Waals surface area contributed by atoms with Crippen molar-refractivity contribution in [2.75, 3.05) is 19.0 Å². The average molecular weight is 406 g/mol. The third kappa shape index (κ3) is 5.24. The lowest BCUT2D eigenvalue weighted by molar-refractivity contribution is -0.154. The van der Waals surface area contributed by atoms with Crippen LogP contribution in [0.4, 0.5) is 18.9 Å². The third-order valence-electron chi connectivity index (χ3n) is 3.78. The molecule has 0 aliphatic rings. The van der Waals surface area contributed by atoms with E-state index in [-0.39, 0.29) is 17.3 Å². The number of halogens is 3. The normalized spacial score (nSPS) is 11.2. The van der Waals surface area contributed by atoms with Crippen molar-refractivity contribution in [1.82, 2.24) is 14.8 Å². The molecule has 10 heteroatoms. The number of nitrogens with zero attached hydrogens (tertiary/aromatic N) is 3. The summed E-state index contributed by atoms with van der Waals surface area (Å²) in [5.74, 6) is -0.0958. The molecule has 3 rings (SSSR count). The van der Waals surface area contributed by atoms with Gasteiger partial charge in [0.2, 0.25) is 5.88 Å². The molecule has 0 unspecified atom stereocenters. The highest BCUT2D eigenvalue weighted by molar-refractivity contribution is 6.02. The summed E-state index contributed by atoms with van der Waals surface area (Å²) in [7, 11) is 1.54. The average Bonchev–Trinajstić information content (AvgIpc) is 3.17. The highest BCUT2D eigenvalue weighted by Gasteiger charge is 2.28. The number of pyridine rings is 1. The summed E-state index contributed by atoms with van der Waals surface area (Å²) in [4.78, 5) is 16.1. The highest BCUT2D eigenvalue weighted by atomic mass is 19.4. The number of aryl methyl sites for hydroxylation is 1. The fourth-order valence-corrected chi connectivity index (χ4v) is 2.45. The van der Waals surface area contributed by atoms with Crippen LogP contribution in [0.25, 0.3) is 5.69 Å².